The predicted octanol–water partition coefficient (Wildman–Crippen LogP) is 4.23. The summed E-state index contributed by atoms with van der Waals surface area (Å²) in [6.45, 7) is 6.86. The summed E-state index contributed by atoms with van der Waals surface area (Å²) in [6.07, 6.45) is 7.33. The third kappa shape index (κ3) is 5.34. The molecule has 3 aromatic rings. The second-order valence-electron chi connectivity index (χ2n) is 8.54. The summed E-state index contributed by atoms with van der Waals surface area (Å²) in [4.78, 5) is 25.4. The number of nitrogens with zero attached hydrogens (tertiary/aromatic N) is 2. The summed E-state index contributed by atoms with van der Waals surface area (Å²) in [6, 6.07) is 9.45. The molecule has 0 radical (unpaired) electrons. The topological polar surface area (TPSA) is 91.9 Å². The zero-order valence-corrected chi connectivity index (χ0v) is 18.8. The van der Waals surface area contributed by atoms with Gasteiger partial charge in [-0.05, 0) is 62.4 Å². The summed E-state index contributed by atoms with van der Waals surface area (Å²) < 4.78 is 5.76. The first-order chi connectivity index (χ1) is 15.6. The second kappa shape index (κ2) is 10.4. The predicted molar refractivity (Wildman–Crippen MR) is 126 cm³/mol. The van der Waals surface area contributed by atoms with E-state index in [0.717, 1.165) is 55.7 Å². The highest BCUT2D eigenvalue weighted by Crippen LogP contribution is 2.33. The van der Waals surface area contributed by atoms with Crippen molar-refractivity contribution in [3.8, 4) is 17.1 Å². The van der Waals surface area contributed by atoms with E-state index < -0.39 is 0 Å². The average Bonchev–Trinajstić information content (AvgIpc) is 3.12. The minimum Gasteiger partial charge on any atom is -0.478 e. The summed E-state index contributed by atoms with van der Waals surface area (Å²) >= 11 is 0. The second-order valence-corrected chi connectivity index (χ2v) is 8.54. The number of aromatic nitrogens is 3. The van der Waals surface area contributed by atoms with Crippen molar-refractivity contribution in [1.82, 2.24) is 20.3 Å². The lowest BCUT2D eigenvalue weighted by molar-refractivity contribution is 0.102. The number of nitrogens with one attached hydrogen (secondary N) is 3. The zero-order chi connectivity index (χ0) is 22.3. The van der Waals surface area contributed by atoms with E-state index in [9.17, 15) is 4.79 Å². The molecule has 0 aromatic carbocycles. The summed E-state index contributed by atoms with van der Waals surface area (Å²) in [5.41, 5.74) is 4.62. The average molecular weight is 434 g/mol. The molecule has 0 fully saturated rings. The van der Waals surface area contributed by atoms with Crippen LogP contribution in [0.4, 0.5) is 5.82 Å². The van der Waals surface area contributed by atoms with E-state index in [1.807, 2.05) is 12.1 Å². The standard InChI is InChI=1S/C25H31N5O2/c1-17(2)15-26-12-6-14-32-22-11-4-10-21(29-22)30-25(31)19-16-28-20-9-3-7-18-8-5-13-27-24(18)23(19)20/h4-5,8,10-11,13,16-17,26,28H,3,6-7,9,12,14-15H2,1-2H3,(H,29,30,31). The van der Waals surface area contributed by atoms with Crippen LogP contribution in [0.15, 0.2) is 42.7 Å². The van der Waals surface area contributed by atoms with Crippen LogP contribution in [0, 0.1) is 5.92 Å². The van der Waals surface area contributed by atoms with Gasteiger partial charge in [-0.2, -0.15) is 4.98 Å². The molecule has 7 nitrogen and oxygen atoms in total. The lowest BCUT2D eigenvalue weighted by Crippen LogP contribution is -2.22. The molecule has 3 aromatic heterocycles. The molecule has 0 saturated carbocycles. The third-order valence-corrected chi connectivity index (χ3v) is 5.47. The van der Waals surface area contributed by atoms with Crippen LogP contribution in [0.3, 0.4) is 0 Å². The third-order valence-electron chi connectivity index (χ3n) is 5.47. The lowest BCUT2D eigenvalue weighted by atomic mass is 10.0. The van der Waals surface area contributed by atoms with Gasteiger partial charge in [0, 0.05) is 29.7 Å². The maximum Gasteiger partial charge on any atom is 0.259 e. The molecule has 0 unspecified atom stereocenters. The Balaban J connectivity index is 1.41. The Morgan fingerprint density at radius 3 is 3.00 bits per heavy atom. The number of carbonyl (C=O) groups excluding carboxylic acids is 1. The molecule has 1 amide bonds. The van der Waals surface area contributed by atoms with E-state index in [-0.39, 0.29) is 5.91 Å². The van der Waals surface area contributed by atoms with Crippen LogP contribution in [0.25, 0.3) is 11.3 Å². The lowest BCUT2D eigenvalue weighted by Gasteiger charge is -2.10. The summed E-state index contributed by atoms with van der Waals surface area (Å²) in [5, 5.41) is 6.31. The number of carbonyl (C=O) groups is 1. The van der Waals surface area contributed by atoms with Crippen LogP contribution in [-0.4, -0.2) is 40.6 Å². The zero-order valence-electron chi connectivity index (χ0n) is 18.8. The van der Waals surface area contributed by atoms with E-state index in [1.165, 1.54) is 5.56 Å². The minimum atomic E-state index is -0.205. The molecule has 32 heavy (non-hydrogen) atoms. The highest BCUT2D eigenvalue weighted by molar-refractivity contribution is 6.08. The molecule has 168 valence electrons. The van der Waals surface area contributed by atoms with Crippen molar-refractivity contribution in [1.29, 1.82) is 0 Å². The number of pyridine rings is 2. The molecular weight excluding hydrogens is 402 g/mol. The van der Waals surface area contributed by atoms with Crippen molar-refractivity contribution in [2.45, 2.75) is 39.5 Å². The fourth-order valence-electron chi connectivity index (χ4n) is 3.95. The molecule has 3 heterocycles. The SMILES string of the molecule is CC(C)CNCCCOc1cccc(NC(=O)c2c[nH]c3c2-c2ncccc2CCC3)n1. The number of fused-ring (bicyclic) bond motifs is 3. The van der Waals surface area contributed by atoms with Crippen molar-refractivity contribution < 1.29 is 9.53 Å². The van der Waals surface area contributed by atoms with Gasteiger partial charge in [0.15, 0.2) is 0 Å². The van der Waals surface area contributed by atoms with Crippen LogP contribution in [-0.2, 0) is 12.8 Å². The van der Waals surface area contributed by atoms with Crippen molar-refractivity contribution >= 4 is 11.7 Å². The first kappa shape index (κ1) is 22.0. The number of H-pyrrole nitrogens is 1. The van der Waals surface area contributed by atoms with E-state index in [4.69, 9.17) is 4.74 Å². The first-order valence-corrected chi connectivity index (χ1v) is 11.4. The van der Waals surface area contributed by atoms with Gasteiger partial charge in [0.1, 0.15) is 5.82 Å². The van der Waals surface area contributed by atoms with Crippen molar-refractivity contribution in [2.75, 3.05) is 25.0 Å². The normalized spacial score (nSPS) is 12.7. The number of aromatic amines is 1. The fraction of sp³-hybridized carbons (Fsp3) is 0.400. The monoisotopic (exact) mass is 433 g/mol. The fourth-order valence-corrected chi connectivity index (χ4v) is 3.95. The summed E-state index contributed by atoms with van der Waals surface area (Å²) in [5.74, 6) is 1.41. The van der Waals surface area contributed by atoms with E-state index in [1.54, 1.807) is 24.5 Å². The van der Waals surface area contributed by atoms with E-state index in [2.05, 4.69) is 45.5 Å². The maximum absolute atomic E-state index is 13.1. The molecule has 0 bridgehead atoms. The van der Waals surface area contributed by atoms with Gasteiger partial charge in [-0.3, -0.25) is 9.78 Å². The van der Waals surface area contributed by atoms with Gasteiger partial charge >= 0.3 is 0 Å². The van der Waals surface area contributed by atoms with Crippen molar-refractivity contribution in [3.63, 3.8) is 0 Å². The highest BCUT2D eigenvalue weighted by atomic mass is 16.5. The molecule has 4 rings (SSSR count). The van der Waals surface area contributed by atoms with Crippen molar-refractivity contribution in [3.05, 3.63) is 59.5 Å². The van der Waals surface area contributed by atoms with Crippen LogP contribution in [0.1, 0.15) is 48.3 Å². The van der Waals surface area contributed by atoms with Gasteiger partial charge in [-0.15, -0.1) is 0 Å². The molecule has 0 atom stereocenters. The first-order valence-electron chi connectivity index (χ1n) is 11.4. The van der Waals surface area contributed by atoms with Crippen LogP contribution in [0.5, 0.6) is 5.88 Å². The van der Waals surface area contributed by atoms with Crippen molar-refractivity contribution in [2.24, 2.45) is 5.92 Å². The molecule has 1 aliphatic carbocycles. The van der Waals surface area contributed by atoms with Crippen LogP contribution >= 0.6 is 0 Å². The Bertz CT molecular complexity index is 1060. The largest absolute Gasteiger partial charge is 0.478 e. The molecule has 0 saturated heterocycles. The molecule has 0 aliphatic heterocycles. The smallest absolute Gasteiger partial charge is 0.259 e. The van der Waals surface area contributed by atoms with Gasteiger partial charge in [0.05, 0.1) is 17.9 Å². The Hall–Kier alpha value is -3.19. The van der Waals surface area contributed by atoms with Gasteiger partial charge in [-0.1, -0.05) is 26.0 Å². The van der Waals surface area contributed by atoms with Gasteiger partial charge in [0.25, 0.3) is 5.91 Å². The number of amides is 1. The molecule has 7 heteroatoms. The van der Waals surface area contributed by atoms with Crippen LogP contribution < -0.4 is 15.4 Å². The van der Waals surface area contributed by atoms with E-state index >= 15 is 0 Å². The Kier molecular flexibility index (Phi) is 7.17. The Morgan fingerprint density at radius 2 is 2.12 bits per heavy atom. The molecule has 3 N–H and O–H groups in total. The minimum absolute atomic E-state index is 0.205. The van der Waals surface area contributed by atoms with Gasteiger partial charge in [0.2, 0.25) is 5.88 Å². The molecule has 0 spiro atoms. The Labute approximate surface area is 189 Å². The number of aryl methyl sites for hydroxylation is 2. The number of rotatable bonds is 9. The molecular formula is C25H31N5O2. The number of anilines is 1. The summed E-state index contributed by atoms with van der Waals surface area (Å²) in [7, 11) is 0. The Morgan fingerprint density at radius 1 is 1.22 bits per heavy atom. The van der Waals surface area contributed by atoms with Gasteiger partial charge < -0.3 is 20.4 Å². The maximum atomic E-state index is 13.1. The number of hydrogen-bond donors (Lipinski definition) is 3. The van der Waals surface area contributed by atoms with Crippen LogP contribution in [0.2, 0.25) is 0 Å². The van der Waals surface area contributed by atoms with Gasteiger partial charge in [-0.25, -0.2) is 0 Å². The van der Waals surface area contributed by atoms with E-state index in [0.29, 0.717) is 29.8 Å². The highest BCUT2D eigenvalue weighted by Gasteiger charge is 2.24. The molecule has 1 aliphatic rings. The quantitative estimate of drug-likeness (QED) is 0.439. The number of ether oxygens (including phenoxy) is 1. The number of hydrogen-bond acceptors (Lipinski definition) is 5.